The Morgan fingerprint density at radius 3 is 1.94 bits per heavy atom. The molecule has 112 valence electrons. The van der Waals surface area contributed by atoms with Crippen molar-refractivity contribution in [3.05, 3.63) is 0 Å². The van der Waals surface area contributed by atoms with Crippen LogP contribution in [-0.2, 0) is 9.47 Å². The van der Waals surface area contributed by atoms with Crippen molar-refractivity contribution in [1.82, 2.24) is 0 Å². The van der Waals surface area contributed by atoms with E-state index in [0.29, 0.717) is 19.8 Å². The summed E-state index contributed by atoms with van der Waals surface area (Å²) in [4.78, 5) is 0. The van der Waals surface area contributed by atoms with Crippen molar-refractivity contribution in [1.29, 1.82) is 0 Å². The second-order valence-corrected chi connectivity index (χ2v) is 4.04. The predicted molar refractivity (Wildman–Crippen MR) is 71.6 cm³/mol. The van der Waals surface area contributed by atoms with Crippen LogP contribution in [0.5, 0.6) is 0 Å². The number of rotatable bonds is 11. The predicted octanol–water partition coefficient (Wildman–Crippen LogP) is 0.952. The van der Waals surface area contributed by atoms with Gasteiger partial charge in [0.25, 0.3) is 0 Å². The van der Waals surface area contributed by atoms with E-state index in [2.05, 4.69) is 11.7 Å². The van der Waals surface area contributed by atoms with Crippen molar-refractivity contribution in [2.75, 3.05) is 39.6 Å². The quantitative estimate of drug-likeness (QED) is 0.485. The molecule has 0 aromatic carbocycles. The highest BCUT2D eigenvalue weighted by molar-refractivity contribution is 4.43. The molecule has 0 heterocycles. The molecule has 0 aliphatic carbocycles. The Balaban J connectivity index is 0. The van der Waals surface area contributed by atoms with Crippen LogP contribution in [0.3, 0.4) is 0 Å². The van der Waals surface area contributed by atoms with E-state index >= 15 is 0 Å². The number of unbranched alkanes of at least 4 members (excludes halogenated alkanes) is 3. The van der Waals surface area contributed by atoms with Crippen LogP contribution in [0, 0.1) is 0 Å². The van der Waals surface area contributed by atoms with Crippen molar-refractivity contribution < 1.29 is 24.8 Å². The molecular weight excluding hydrogens is 236 g/mol. The largest absolute Gasteiger partial charge is 0.394 e. The minimum atomic E-state index is -0.318. The summed E-state index contributed by atoms with van der Waals surface area (Å²) in [7, 11) is 0. The van der Waals surface area contributed by atoms with Gasteiger partial charge in [0, 0.05) is 6.61 Å². The Morgan fingerprint density at radius 2 is 1.50 bits per heavy atom. The molecule has 0 spiro atoms. The van der Waals surface area contributed by atoms with E-state index in [1.807, 2.05) is 0 Å². The summed E-state index contributed by atoms with van der Waals surface area (Å²) in [6.45, 7) is 5.90. The molecule has 1 atom stereocenters. The maximum atomic E-state index is 8.83. The van der Waals surface area contributed by atoms with E-state index in [-0.39, 0.29) is 19.3 Å². The van der Waals surface area contributed by atoms with Gasteiger partial charge in [-0.3, -0.25) is 0 Å². The smallest absolute Gasteiger partial charge is 0.0745 e. The van der Waals surface area contributed by atoms with Gasteiger partial charge in [0.1, 0.15) is 0 Å². The van der Waals surface area contributed by atoms with Gasteiger partial charge >= 0.3 is 0 Å². The van der Waals surface area contributed by atoms with Gasteiger partial charge in [-0.25, -0.2) is 0 Å². The standard InChI is InChI=1S/C9H20O2.C4H10O3/c1-3-4-5-6-7-11-8-9(2)10;5-1-3-7-4-2-6/h9-10H,3-8H2,1-2H3;5-6H,1-4H2. The monoisotopic (exact) mass is 266 g/mol. The Bertz CT molecular complexity index is 127. The molecule has 0 saturated heterocycles. The molecule has 0 fully saturated rings. The van der Waals surface area contributed by atoms with Crippen LogP contribution in [0.15, 0.2) is 0 Å². The van der Waals surface area contributed by atoms with E-state index in [0.717, 1.165) is 13.0 Å². The van der Waals surface area contributed by atoms with Gasteiger partial charge in [0.15, 0.2) is 0 Å². The SMILES string of the molecule is CCCCCCOCC(C)O.OCCOCCO. The van der Waals surface area contributed by atoms with E-state index in [9.17, 15) is 0 Å². The topological polar surface area (TPSA) is 79.2 Å². The third-order valence-electron chi connectivity index (χ3n) is 1.97. The zero-order chi connectivity index (χ0) is 14.1. The summed E-state index contributed by atoms with van der Waals surface area (Å²) in [6.07, 6.45) is 4.60. The minimum Gasteiger partial charge on any atom is -0.394 e. The highest BCUT2D eigenvalue weighted by Gasteiger charge is 1.94. The maximum absolute atomic E-state index is 8.83. The van der Waals surface area contributed by atoms with Crippen molar-refractivity contribution in [2.45, 2.75) is 45.6 Å². The summed E-state index contributed by atoms with van der Waals surface area (Å²) in [5, 5.41) is 25.0. The van der Waals surface area contributed by atoms with Crippen LogP contribution in [0.2, 0.25) is 0 Å². The van der Waals surface area contributed by atoms with Crippen LogP contribution in [0.4, 0.5) is 0 Å². The molecule has 5 nitrogen and oxygen atoms in total. The summed E-state index contributed by atoms with van der Waals surface area (Å²) in [5.41, 5.74) is 0. The second-order valence-electron chi connectivity index (χ2n) is 4.04. The molecule has 3 N–H and O–H groups in total. The molecule has 1 unspecified atom stereocenters. The Morgan fingerprint density at radius 1 is 0.889 bits per heavy atom. The lowest BCUT2D eigenvalue weighted by Crippen LogP contribution is -2.10. The summed E-state index contributed by atoms with van der Waals surface area (Å²) in [6, 6.07) is 0. The number of hydrogen-bond acceptors (Lipinski definition) is 5. The fraction of sp³-hybridized carbons (Fsp3) is 1.00. The average Bonchev–Trinajstić information content (AvgIpc) is 2.35. The average molecular weight is 266 g/mol. The number of aliphatic hydroxyl groups is 3. The summed E-state index contributed by atoms with van der Waals surface area (Å²) in [5.74, 6) is 0. The first-order chi connectivity index (χ1) is 8.68. The van der Waals surface area contributed by atoms with Crippen molar-refractivity contribution >= 4 is 0 Å². The van der Waals surface area contributed by atoms with Gasteiger partial charge in [0.2, 0.25) is 0 Å². The molecule has 0 saturated carbocycles. The molecule has 0 aromatic heterocycles. The van der Waals surface area contributed by atoms with Gasteiger partial charge in [-0.2, -0.15) is 0 Å². The molecule has 0 aliphatic heterocycles. The third kappa shape index (κ3) is 24.9. The molecule has 0 amide bonds. The van der Waals surface area contributed by atoms with Crippen molar-refractivity contribution in [3.8, 4) is 0 Å². The number of ether oxygens (including phenoxy) is 2. The minimum absolute atomic E-state index is 0.0278. The third-order valence-corrected chi connectivity index (χ3v) is 1.97. The first-order valence-corrected chi connectivity index (χ1v) is 6.74. The van der Waals surface area contributed by atoms with Crippen molar-refractivity contribution in [2.24, 2.45) is 0 Å². The van der Waals surface area contributed by atoms with Gasteiger partial charge in [-0.1, -0.05) is 26.2 Å². The summed E-state index contributed by atoms with van der Waals surface area (Å²) < 4.78 is 9.82. The highest BCUT2D eigenvalue weighted by atomic mass is 16.5. The van der Waals surface area contributed by atoms with Gasteiger partial charge in [-0.15, -0.1) is 0 Å². The molecular formula is C13H30O5. The van der Waals surface area contributed by atoms with E-state index in [1.54, 1.807) is 6.92 Å². The zero-order valence-corrected chi connectivity index (χ0v) is 11.8. The molecule has 0 aliphatic rings. The second kappa shape index (κ2) is 19.1. The van der Waals surface area contributed by atoms with Gasteiger partial charge < -0.3 is 24.8 Å². The fourth-order valence-electron chi connectivity index (χ4n) is 1.12. The summed E-state index contributed by atoms with van der Waals surface area (Å²) >= 11 is 0. The number of aliphatic hydroxyl groups excluding tert-OH is 3. The van der Waals surface area contributed by atoms with Crippen LogP contribution >= 0.6 is 0 Å². The van der Waals surface area contributed by atoms with Gasteiger partial charge in [0.05, 0.1) is 39.1 Å². The Labute approximate surface area is 111 Å². The molecule has 18 heavy (non-hydrogen) atoms. The zero-order valence-electron chi connectivity index (χ0n) is 11.8. The maximum Gasteiger partial charge on any atom is 0.0745 e. The van der Waals surface area contributed by atoms with Gasteiger partial charge in [-0.05, 0) is 13.3 Å². The van der Waals surface area contributed by atoms with Crippen LogP contribution < -0.4 is 0 Å². The fourth-order valence-corrected chi connectivity index (χ4v) is 1.12. The lowest BCUT2D eigenvalue weighted by Gasteiger charge is -2.05. The Kier molecular flexibility index (Phi) is 21.4. The normalized spacial score (nSPS) is 11.8. The lowest BCUT2D eigenvalue weighted by atomic mass is 10.2. The molecule has 0 bridgehead atoms. The first-order valence-electron chi connectivity index (χ1n) is 6.74. The van der Waals surface area contributed by atoms with Crippen LogP contribution in [0.25, 0.3) is 0 Å². The van der Waals surface area contributed by atoms with Crippen molar-refractivity contribution in [3.63, 3.8) is 0 Å². The number of hydrogen-bond donors (Lipinski definition) is 3. The van der Waals surface area contributed by atoms with Crippen LogP contribution in [-0.4, -0.2) is 61.1 Å². The first kappa shape index (κ1) is 20.1. The van der Waals surface area contributed by atoms with E-state index in [1.165, 1.54) is 19.3 Å². The Hall–Kier alpha value is -0.200. The van der Waals surface area contributed by atoms with E-state index in [4.69, 9.17) is 20.1 Å². The molecule has 5 heteroatoms. The molecule has 0 aromatic rings. The highest BCUT2D eigenvalue weighted by Crippen LogP contribution is 1.98. The lowest BCUT2D eigenvalue weighted by molar-refractivity contribution is 0.0445. The van der Waals surface area contributed by atoms with E-state index < -0.39 is 0 Å². The molecule has 0 radical (unpaired) electrons. The molecule has 0 rings (SSSR count). The van der Waals surface area contributed by atoms with Crippen LogP contribution in [0.1, 0.15) is 39.5 Å².